The standard InChI is InChI=1S/C17H17ClN4O3/c18-10-3-1-9(2-4-10)12-6-22(16-14(12)15(19)20-8-21-16)17-13(24)5-11(7-23)25-17/h1-4,6,8,11,13,17,23-24H,5,7H2,(H2,19,20,21)/t11-,13+,17?/m0/s1. The highest BCUT2D eigenvalue weighted by Gasteiger charge is 2.36. The molecule has 1 aliphatic rings. The van der Waals surface area contributed by atoms with Crippen molar-refractivity contribution in [1.29, 1.82) is 0 Å². The first-order valence-corrected chi connectivity index (χ1v) is 8.27. The smallest absolute Gasteiger partial charge is 0.161 e. The van der Waals surface area contributed by atoms with Crippen LogP contribution in [0.1, 0.15) is 12.6 Å². The second-order valence-electron chi connectivity index (χ2n) is 6.05. The molecule has 1 aliphatic heterocycles. The van der Waals surface area contributed by atoms with Gasteiger partial charge >= 0.3 is 0 Å². The number of aromatic nitrogens is 3. The molecule has 0 radical (unpaired) electrons. The number of nitrogens with zero attached hydrogens (tertiary/aromatic N) is 3. The number of ether oxygens (including phenoxy) is 1. The monoisotopic (exact) mass is 360 g/mol. The van der Waals surface area contributed by atoms with E-state index in [1.165, 1.54) is 6.33 Å². The van der Waals surface area contributed by atoms with Crippen molar-refractivity contribution >= 4 is 28.5 Å². The minimum Gasteiger partial charge on any atom is -0.394 e. The third kappa shape index (κ3) is 2.75. The molecular formula is C17H17ClN4O3. The van der Waals surface area contributed by atoms with Crippen molar-refractivity contribution < 1.29 is 14.9 Å². The zero-order valence-corrected chi connectivity index (χ0v) is 14.0. The number of anilines is 1. The fourth-order valence-corrected chi connectivity index (χ4v) is 3.37. The topological polar surface area (TPSA) is 106 Å². The van der Waals surface area contributed by atoms with Crippen molar-refractivity contribution in [3.05, 3.63) is 41.8 Å². The van der Waals surface area contributed by atoms with Crippen LogP contribution in [0.15, 0.2) is 36.8 Å². The van der Waals surface area contributed by atoms with E-state index in [9.17, 15) is 10.2 Å². The Morgan fingerprint density at radius 3 is 2.72 bits per heavy atom. The van der Waals surface area contributed by atoms with Gasteiger partial charge in [-0.2, -0.15) is 0 Å². The van der Waals surface area contributed by atoms with Gasteiger partial charge in [0.15, 0.2) is 6.23 Å². The van der Waals surface area contributed by atoms with Crippen LogP contribution >= 0.6 is 11.6 Å². The number of nitrogens with two attached hydrogens (primary N) is 1. The van der Waals surface area contributed by atoms with Crippen LogP contribution in [0.2, 0.25) is 5.02 Å². The molecule has 130 valence electrons. The lowest BCUT2D eigenvalue weighted by Gasteiger charge is -2.17. The maximum absolute atomic E-state index is 10.3. The number of nitrogen functional groups attached to an aromatic ring is 1. The summed E-state index contributed by atoms with van der Waals surface area (Å²) in [6.45, 7) is -0.145. The molecule has 0 spiro atoms. The Balaban J connectivity index is 1.89. The number of fused-ring (bicyclic) bond motifs is 1. The number of hydrogen-bond acceptors (Lipinski definition) is 6. The van der Waals surface area contributed by atoms with Gasteiger partial charge in [0.2, 0.25) is 0 Å². The molecule has 7 nitrogen and oxygen atoms in total. The normalized spacial score (nSPS) is 23.4. The van der Waals surface area contributed by atoms with Crippen molar-refractivity contribution in [2.45, 2.75) is 24.9 Å². The minimum atomic E-state index is -0.748. The minimum absolute atomic E-state index is 0.145. The van der Waals surface area contributed by atoms with Crippen LogP contribution in [-0.2, 0) is 4.74 Å². The van der Waals surface area contributed by atoms with Crippen LogP contribution in [0, 0.1) is 0 Å². The Bertz CT molecular complexity index is 912. The molecule has 4 rings (SSSR count). The van der Waals surface area contributed by atoms with E-state index in [4.69, 9.17) is 22.1 Å². The van der Waals surface area contributed by atoms with Crippen LogP contribution < -0.4 is 5.73 Å². The predicted octanol–water partition coefficient (Wildman–Crippen LogP) is 1.97. The van der Waals surface area contributed by atoms with E-state index in [2.05, 4.69) is 9.97 Å². The average Bonchev–Trinajstić information content (AvgIpc) is 3.17. The molecule has 0 amide bonds. The molecule has 4 N–H and O–H groups in total. The molecular weight excluding hydrogens is 344 g/mol. The highest BCUT2D eigenvalue weighted by atomic mass is 35.5. The van der Waals surface area contributed by atoms with Gasteiger partial charge in [-0.15, -0.1) is 0 Å². The Labute approximate surface area is 148 Å². The summed E-state index contributed by atoms with van der Waals surface area (Å²) in [5.41, 5.74) is 8.39. The van der Waals surface area contributed by atoms with Gasteiger partial charge in [0.05, 0.1) is 18.1 Å². The summed E-state index contributed by atoms with van der Waals surface area (Å²) in [7, 11) is 0. The fourth-order valence-electron chi connectivity index (χ4n) is 3.25. The van der Waals surface area contributed by atoms with Crippen molar-refractivity contribution in [1.82, 2.24) is 14.5 Å². The highest BCUT2D eigenvalue weighted by molar-refractivity contribution is 6.30. The van der Waals surface area contributed by atoms with E-state index < -0.39 is 18.4 Å². The third-order valence-electron chi connectivity index (χ3n) is 4.44. The van der Waals surface area contributed by atoms with Gasteiger partial charge in [0.25, 0.3) is 0 Å². The lowest BCUT2D eigenvalue weighted by atomic mass is 10.1. The second-order valence-corrected chi connectivity index (χ2v) is 6.49. The van der Waals surface area contributed by atoms with Crippen LogP contribution in [-0.4, -0.2) is 43.6 Å². The first kappa shape index (κ1) is 16.3. The van der Waals surface area contributed by atoms with E-state index in [1.807, 2.05) is 18.3 Å². The van der Waals surface area contributed by atoms with Crippen LogP contribution in [0.25, 0.3) is 22.2 Å². The summed E-state index contributed by atoms with van der Waals surface area (Å²) >= 11 is 5.98. The van der Waals surface area contributed by atoms with Gasteiger partial charge in [-0.1, -0.05) is 23.7 Å². The maximum Gasteiger partial charge on any atom is 0.161 e. The second kappa shape index (κ2) is 6.27. The lowest BCUT2D eigenvalue weighted by molar-refractivity contribution is -0.0483. The van der Waals surface area contributed by atoms with Gasteiger partial charge in [-0.25, -0.2) is 9.97 Å². The Morgan fingerprint density at radius 1 is 1.28 bits per heavy atom. The van der Waals surface area contributed by atoms with Gasteiger partial charge < -0.3 is 25.3 Å². The Hall–Kier alpha value is -2.19. The predicted molar refractivity (Wildman–Crippen MR) is 94.0 cm³/mol. The van der Waals surface area contributed by atoms with Crippen molar-refractivity contribution in [3.8, 4) is 11.1 Å². The van der Waals surface area contributed by atoms with E-state index in [0.717, 1.165) is 11.1 Å². The Morgan fingerprint density at radius 2 is 2.04 bits per heavy atom. The van der Waals surface area contributed by atoms with Crippen LogP contribution in [0.4, 0.5) is 5.82 Å². The summed E-state index contributed by atoms with van der Waals surface area (Å²) in [5.74, 6) is 0.347. The number of aliphatic hydroxyl groups is 2. The van der Waals surface area contributed by atoms with E-state index in [1.54, 1.807) is 16.7 Å². The zero-order valence-electron chi connectivity index (χ0n) is 13.2. The summed E-state index contributed by atoms with van der Waals surface area (Å²) in [5, 5.41) is 21.0. The molecule has 1 fully saturated rings. The van der Waals surface area contributed by atoms with Crippen molar-refractivity contribution in [3.63, 3.8) is 0 Å². The summed E-state index contributed by atoms with van der Waals surface area (Å²) in [4.78, 5) is 8.41. The van der Waals surface area contributed by atoms with E-state index in [-0.39, 0.29) is 6.61 Å². The number of rotatable bonds is 3. The highest BCUT2D eigenvalue weighted by Crippen LogP contribution is 2.38. The van der Waals surface area contributed by atoms with E-state index in [0.29, 0.717) is 28.3 Å². The maximum atomic E-state index is 10.3. The number of hydrogen-bond donors (Lipinski definition) is 3. The molecule has 2 aromatic heterocycles. The first-order chi connectivity index (χ1) is 12.1. The first-order valence-electron chi connectivity index (χ1n) is 7.90. The number of benzene rings is 1. The number of halogens is 1. The van der Waals surface area contributed by atoms with Crippen LogP contribution in [0.3, 0.4) is 0 Å². The zero-order chi connectivity index (χ0) is 17.6. The Kier molecular flexibility index (Phi) is 4.09. The largest absolute Gasteiger partial charge is 0.394 e. The SMILES string of the molecule is Nc1ncnc2c1c(-c1ccc(Cl)cc1)cn2C1O[C@H](CO)C[C@H]1O. The van der Waals surface area contributed by atoms with Gasteiger partial charge in [0, 0.05) is 23.2 Å². The molecule has 25 heavy (non-hydrogen) atoms. The molecule has 8 heteroatoms. The molecule has 1 aromatic carbocycles. The quantitative estimate of drug-likeness (QED) is 0.659. The molecule has 0 aliphatic carbocycles. The molecule has 3 aromatic rings. The molecule has 0 bridgehead atoms. The van der Waals surface area contributed by atoms with E-state index >= 15 is 0 Å². The van der Waals surface area contributed by atoms with Crippen molar-refractivity contribution in [2.75, 3.05) is 12.3 Å². The summed E-state index contributed by atoms with van der Waals surface area (Å²) in [6, 6.07) is 7.36. The lowest BCUT2D eigenvalue weighted by Crippen LogP contribution is -2.19. The van der Waals surface area contributed by atoms with Crippen molar-refractivity contribution in [2.24, 2.45) is 0 Å². The van der Waals surface area contributed by atoms with Gasteiger partial charge in [-0.05, 0) is 17.7 Å². The van der Waals surface area contributed by atoms with Crippen LogP contribution in [0.5, 0.6) is 0 Å². The summed E-state index contributed by atoms with van der Waals surface area (Å²) in [6.07, 6.45) is 1.78. The third-order valence-corrected chi connectivity index (χ3v) is 4.69. The average molecular weight is 361 g/mol. The molecule has 1 saturated heterocycles. The van der Waals surface area contributed by atoms with Gasteiger partial charge in [0.1, 0.15) is 23.9 Å². The summed E-state index contributed by atoms with van der Waals surface area (Å²) < 4.78 is 7.51. The molecule has 0 saturated carbocycles. The van der Waals surface area contributed by atoms with Gasteiger partial charge in [-0.3, -0.25) is 0 Å². The fraction of sp³-hybridized carbons (Fsp3) is 0.294. The molecule has 1 unspecified atom stereocenters. The molecule has 3 heterocycles. The molecule has 3 atom stereocenters. The number of aliphatic hydroxyl groups excluding tert-OH is 2.